The Morgan fingerprint density at radius 1 is 0.786 bits per heavy atom. The summed E-state index contributed by atoms with van der Waals surface area (Å²) in [5.74, 6) is 0. The van der Waals surface area contributed by atoms with Crippen molar-refractivity contribution in [3.8, 4) is 0 Å². The van der Waals surface area contributed by atoms with E-state index in [2.05, 4.69) is 94.2 Å². The fraction of sp³-hybridized carbons (Fsp3) is 0.200. The number of hydrogen-bond donors (Lipinski definition) is 0. The van der Waals surface area contributed by atoms with Crippen molar-refractivity contribution in [2.75, 3.05) is 18.1 Å². The van der Waals surface area contributed by atoms with Crippen LogP contribution in [0.1, 0.15) is 19.8 Å². The van der Waals surface area contributed by atoms with Crippen LogP contribution < -0.4 is 4.90 Å². The van der Waals surface area contributed by atoms with Gasteiger partial charge in [-0.05, 0) is 30.7 Å². The van der Waals surface area contributed by atoms with E-state index in [4.69, 9.17) is 0 Å². The van der Waals surface area contributed by atoms with Crippen molar-refractivity contribution < 1.29 is 0 Å². The lowest BCUT2D eigenvalue weighted by molar-refractivity contribution is 0.396. The molecule has 0 spiro atoms. The van der Waals surface area contributed by atoms with Crippen molar-refractivity contribution >= 4 is 43.8 Å². The third-order valence-corrected chi connectivity index (χ3v) is 6.13. The molecule has 0 saturated carbocycles. The van der Waals surface area contributed by atoms with E-state index in [-0.39, 0.29) is 0 Å². The average molecular weight is 365 g/mol. The van der Waals surface area contributed by atoms with Gasteiger partial charge in [-0.1, -0.05) is 49.7 Å². The Bertz CT molecular complexity index is 1340. The molecule has 0 aliphatic carbocycles. The third-order valence-electron chi connectivity index (χ3n) is 6.13. The molecule has 3 heteroatoms. The minimum absolute atomic E-state index is 0.943. The fourth-order valence-electron chi connectivity index (χ4n) is 4.74. The maximum atomic E-state index is 2.44. The number of hydrogen-bond acceptors (Lipinski definition) is 2. The second-order valence-electron chi connectivity index (χ2n) is 7.83. The number of unbranched alkanes of at least 4 members (excludes halogenated alkanes) is 1. The Balaban J connectivity index is 1.53. The van der Waals surface area contributed by atoms with Crippen molar-refractivity contribution in [3.63, 3.8) is 0 Å². The SMILES string of the molecule is CCCCN1C=CN(c2ccc3c(c2)c2cccc4c5ccccc5n3c42)C1. The first-order chi connectivity index (χ1) is 13.8. The van der Waals surface area contributed by atoms with E-state index in [1.165, 1.54) is 56.6 Å². The molecule has 3 heterocycles. The maximum Gasteiger partial charge on any atom is 0.0941 e. The second-order valence-corrected chi connectivity index (χ2v) is 7.83. The van der Waals surface area contributed by atoms with Crippen LogP contribution in [0.5, 0.6) is 0 Å². The van der Waals surface area contributed by atoms with Gasteiger partial charge in [-0.3, -0.25) is 0 Å². The van der Waals surface area contributed by atoms with Gasteiger partial charge in [-0.15, -0.1) is 0 Å². The molecule has 0 amide bonds. The van der Waals surface area contributed by atoms with E-state index in [1.54, 1.807) is 0 Å². The third kappa shape index (κ3) is 2.10. The molecule has 1 aliphatic heterocycles. The molecule has 3 aromatic carbocycles. The van der Waals surface area contributed by atoms with E-state index in [0.717, 1.165) is 13.2 Å². The van der Waals surface area contributed by atoms with E-state index >= 15 is 0 Å². The summed E-state index contributed by atoms with van der Waals surface area (Å²) in [6.07, 6.45) is 6.91. The molecule has 2 aromatic heterocycles. The van der Waals surface area contributed by atoms with Crippen LogP contribution in [-0.4, -0.2) is 22.5 Å². The molecule has 0 fully saturated rings. The van der Waals surface area contributed by atoms with Crippen LogP contribution in [0.2, 0.25) is 0 Å². The minimum atomic E-state index is 0.943. The fourth-order valence-corrected chi connectivity index (χ4v) is 4.74. The zero-order valence-electron chi connectivity index (χ0n) is 16.1. The van der Waals surface area contributed by atoms with Gasteiger partial charge in [0.2, 0.25) is 0 Å². The van der Waals surface area contributed by atoms with Gasteiger partial charge in [-0.25, -0.2) is 0 Å². The number of anilines is 1. The largest absolute Gasteiger partial charge is 0.358 e. The number of nitrogens with zero attached hydrogens (tertiary/aromatic N) is 3. The van der Waals surface area contributed by atoms with Gasteiger partial charge in [0.1, 0.15) is 0 Å². The van der Waals surface area contributed by atoms with E-state index in [9.17, 15) is 0 Å². The van der Waals surface area contributed by atoms with Crippen LogP contribution in [-0.2, 0) is 0 Å². The Morgan fingerprint density at radius 3 is 2.46 bits per heavy atom. The highest BCUT2D eigenvalue weighted by Crippen LogP contribution is 2.40. The Kier molecular flexibility index (Phi) is 3.33. The zero-order chi connectivity index (χ0) is 18.7. The molecule has 0 unspecified atom stereocenters. The molecule has 0 bridgehead atoms. The molecule has 28 heavy (non-hydrogen) atoms. The summed E-state index contributed by atoms with van der Waals surface area (Å²) in [5.41, 5.74) is 5.20. The number of rotatable bonds is 4. The minimum Gasteiger partial charge on any atom is -0.358 e. The first kappa shape index (κ1) is 15.8. The molecule has 138 valence electrons. The van der Waals surface area contributed by atoms with Crippen LogP contribution >= 0.6 is 0 Å². The van der Waals surface area contributed by atoms with Crippen molar-refractivity contribution in [1.29, 1.82) is 0 Å². The van der Waals surface area contributed by atoms with Gasteiger partial charge in [0, 0.05) is 46.2 Å². The average Bonchev–Trinajstić information content (AvgIpc) is 3.43. The molecular formula is C25H23N3. The Labute approximate surface area is 164 Å². The van der Waals surface area contributed by atoms with Crippen LogP contribution in [0.3, 0.4) is 0 Å². The lowest BCUT2D eigenvalue weighted by atomic mass is 10.1. The quantitative estimate of drug-likeness (QED) is 0.376. The summed E-state index contributed by atoms with van der Waals surface area (Å²) in [6, 6.07) is 22.4. The normalized spacial score (nSPS) is 14.6. The zero-order valence-corrected chi connectivity index (χ0v) is 16.1. The van der Waals surface area contributed by atoms with Crippen molar-refractivity contribution in [2.24, 2.45) is 0 Å². The number of benzene rings is 3. The highest BCUT2D eigenvalue weighted by Gasteiger charge is 2.19. The molecule has 5 aromatic rings. The highest BCUT2D eigenvalue weighted by atomic mass is 15.3. The first-order valence-electron chi connectivity index (χ1n) is 10.2. The molecular weight excluding hydrogens is 342 g/mol. The number of fused-ring (bicyclic) bond motifs is 6. The van der Waals surface area contributed by atoms with Crippen LogP contribution in [0.15, 0.2) is 73.1 Å². The van der Waals surface area contributed by atoms with Gasteiger partial charge in [0.25, 0.3) is 0 Å². The van der Waals surface area contributed by atoms with Crippen molar-refractivity contribution in [2.45, 2.75) is 19.8 Å². The second kappa shape index (κ2) is 5.90. The predicted octanol–water partition coefficient (Wildman–Crippen LogP) is 6.19. The molecule has 3 nitrogen and oxygen atoms in total. The summed E-state index contributed by atoms with van der Waals surface area (Å²) in [6.45, 7) is 4.32. The maximum absolute atomic E-state index is 2.44. The van der Waals surface area contributed by atoms with Crippen LogP contribution in [0.4, 0.5) is 5.69 Å². The van der Waals surface area contributed by atoms with E-state index in [0.29, 0.717) is 0 Å². The molecule has 0 radical (unpaired) electrons. The molecule has 6 rings (SSSR count). The summed E-state index contributed by atoms with van der Waals surface area (Å²) < 4.78 is 2.44. The lowest BCUT2D eigenvalue weighted by Gasteiger charge is -2.21. The summed E-state index contributed by atoms with van der Waals surface area (Å²) in [5, 5.41) is 5.36. The summed E-state index contributed by atoms with van der Waals surface area (Å²) in [4.78, 5) is 4.75. The molecule has 1 aliphatic rings. The van der Waals surface area contributed by atoms with Crippen LogP contribution in [0.25, 0.3) is 38.1 Å². The Hall–Kier alpha value is -3.20. The summed E-state index contributed by atoms with van der Waals surface area (Å²) >= 11 is 0. The predicted molar refractivity (Wildman–Crippen MR) is 119 cm³/mol. The smallest absolute Gasteiger partial charge is 0.0941 e. The highest BCUT2D eigenvalue weighted by molar-refractivity contribution is 6.23. The standard InChI is InChI=1S/C25H23N3/c1-2-3-13-26-14-15-27(17-26)18-11-12-24-22(16-18)21-9-6-8-20-19-7-4-5-10-23(19)28(24)25(20)21/h4-12,14-16H,2-3,13,17H2,1H3. The van der Waals surface area contributed by atoms with Gasteiger partial charge in [-0.2, -0.15) is 0 Å². The van der Waals surface area contributed by atoms with Crippen molar-refractivity contribution in [1.82, 2.24) is 9.30 Å². The monoisotopic (exact) mass is 365 g/mol. The van der Waals surface area contributed by atoms with Crippen LogP contribution in [0, 0.1) is 0 Å². The molecule has 0 atom stereocenters. The number of para-hydroxylation sites is 2. The number of aromatic nitrogens is 1. The van der Waals surface area contributed by atoms with E-state index < -0.39 is 0 Å². The first-order valence-corrected chi connectivity index (χ1v) is 10.2. The summed E-state index contributed by atoms with van der Waals surface area (Å²) in [7, 11) is 0. The Morgan fingerprint density at radius 2 is 1.57 bits per heavy atom. The molecule has 0 N–H and O–H groups in total. The molecule has 0 saturated heterocycles. The van der Waals surface area contributed by atoms with Gasteiger partial charge >= 0.3 is 0 Å². The lowest BCUT2D eigenvalue weighted by Crippen LogP contribution is -2.25. The topological polar surface area (TPSA) is 10.9 Å². The van der Waals surface area contributed by atoms with E-state index in [1.807, 2.05) is 0 Å². The van der Waals surface area contributed by atoms with Gasteiger partial charge < -0.3 is 14.2 Å². The van der Waals surface area contributed by atoms with Crippen molar-refractivity contribution in [3.05, 3.63) is 73.1 Å². The van der Waals surface area contributed by atoms with Gasteiger partial charge in [0.05, 0.1) is 23.2 Å². The van der Waals surface area contributed by atoms with Gasteiger partial charge in [0.15, 0.2) is 0 Å².